The highest BCUT2D eigenvalue weighted by Gasteiger charge is 2.36. The maximum Gasteiger partial charge on any atom is 0.512 e. The van der Waals surface area contributed by atoms with Crippen LogP contribution in [0, 0.1) is 0 Å². The summed E-state index contributed by atoms with van der Waals surface area (Å²) in [5.41, 5.74) is -1.30. The van der Waals surface area contributed by atoms with Gasteiger partial charge in [0.1, 0.15) is 10.7 Å². The maximum absolute atomic E-state index is 12.3. The summed E-state index contributed by atoms with van der Waals surface area (Å²) in [4.78, 5) is 13.2. The molecule has 0 spiro atoms. The Morgan fingerprint density at radius 3 is 2.53 bits per heavy atom. The largest absolute Gasteiger partial charge is 0.512 e. The number of hydrogen-bond acceptors (Lipinski definition) is 3. The van der Waals surface area contributed by atoms with Crippen molar-refractivity contribution in [2.24, 2.45) is 0 Å². The Bertz CT molecular complexity index is 394. The summed E-state index contributed by atoms with van der Waals surface area (Å²) >= 11 is 5.30. The second-order valence-corrected chi connectivity index (χ2v) is 2.74. The molecule has 0 aliphatic rings. The van der Waals surface area contributed by atoms with Crippen molar-refractivity contribution < 1.29 is 27.8 Å². The van der Waals surface area contributed by atoms with E-state index < -0.39 is 23.8 Å². The van der Waals surface area contributed by atoms with E-state index in [1.165, 1.54) is 0 Å². The van der Waals surface area contributed by atoms with Gasteiger partial charge in [0.2, 0.25) is 5.88 Å². The number of alkyl halides is 3. The smallest absolute Gasteiger partial charge is 0.449 e. The second kappa shape index (κ2) is 3.93. The van der Waals surface area contributed by atoms with Crippen LogP contribution in [0.2, 0.25) is 5.15 Å². The van der Waals surface area contributed by atoms with Crippen LogP contribution in [0.4, 0.5) is 18.0 Å². The van der Waals surface area contributed by atoms with Crippen LogP contribution < -0.4 is 4.74 Å². The summed E-state index contributed by atoms with van der Waals surface area (Å²) in [7, 11) is 0. The van der Waals surface area contributed by atoms with E-state index in [1.54, 1.807) is 0 Å². The molecule has 0 aliphatic heterocycles. The number of hydrogen-bond donors (Lipinski definition) is 1. The van der Waals surface area contributed by atoms with Crippen molar-refractivity contribution in [3.05, 3.63) is 22.8 Å². The third-order valence-corrected chi connectivity index (χ3v) is 1.53. The zero-order valence-electron chi connectivity index (χ0n) is 6.88. The van der Waals surface area contributed by atoms with E-state index >= 15 is 0 Å². The van der Waals surface area contributed by atoms with Crippen LogP contribution in [0.5, 0.6) is 5.88 Å². The standard InChI is InChI=1S/C7H3ClF3NO3/c8-4-2-1-3(7(9,10)11)5(12-4)15-6(13)14/h1-2H,(H,13,14). The minimum absolute atomic E-state index is 0.292. The summed E-state index contributed by atoms with van der Waals surface area (Å²) in [6.07, 6.45) is -6.64. The van der Waals surface area contributed by atoms with Crippen LogP contribution in [-0.2, 0) is 6.18 Å². The molecule has 1 heterocycles. The first-order valence-electron chi connectivity index (χ1n) is 3.45. The molecule has 0 atom stereocenters. The van der Waals surface area contributed by atoms with Crippen LogP contribution in [0.1, 0.15) is 5.56 Å². The molecule has 0 aromatic carbocycles. The van der Waals surface area contributed by atoms with Gasteiger partial charge in [0, 0.05) is 0 Å². The molecule has 82 valence electrons. The third-order valence-electron chi connectivity index (χ3n) is 1.32. The lowest BCUT2D eigenvalue weighted by Gasteiger charge is -2.09. The van der Waals surface area contributed by atoms with Crippen LogP contribution in [-0.4, -0.2) is 16.2 Å². The van der Waals surface area contributed by atoms with Gasteiger partial charge in [-0.1, -0.05) is 11.6 Å². The second-order valence-electron chi connectivity index (χ2n) is 2.35. The Labute approximate surface area is 86.3 Å². The first-order valence-corrected chi connectivity index (χ1v) is 3.83. The quantitative estimate of drug-likeness (QED) is 0.607. The number of halogens is 4. The number of ether oxygens (including phenoxy) is 1. The molecular formula is C7H3ClF3NO3. The number of aromatic nitrogens is 1. The van der Waals surface area contributed by atoms with Gasteiger partial charge in [0.15, 0.2) is 0 Å². The van der Waals surface area contributed by atoms with Crippen molar-refractivity contribution in [3.63, 3.8) is 0 Å². The lowest BCUT2D eigenvalue weighted by atomic mass is 10.2. The lowest BCUT2D eigenvalue weighted by Crippen LogP contribution is -2.13. The zero-order chi connectivity index (χ0) is 11.6. The highest BCUT2D eigenvalue weighted by Crippen LogP contribution is 2.35. The van der Waals surface area contributed by atoms with E-state index in [0.717, 1.165) is 6.07 Å². The normalized spacial score (nSPS) is 11.2. The average molecular weight is 242 g/mol. The van der Waals surface area contributed by atoms with E-state index in [2.05, 4.69) is 9.72 Å². The molecule has 0 saturated carbocycles. The van der Waals surface area contributed by atoms with Gasteiger partial charge in [-0.05, 0) is 12.1 Å². The SMILES string of the molecule is O=C(O)Oc1nc(Cl)ccc1C(F)(F)F. The predicted octanol–water partition coefficient (Wildman–Crippen LogP) is 2.81. The van der Waals surface area contributed by atoms with Gasteiger partial charge in [0.05, 0.1) is 0 Å². The van der Waals surface area contributed by atoms with Gasteiger partial charge in [-0.2, -0.15) is 13.2 Å². The van der Waals surface area contributed by atoms with Gasteiger partial charge >= 0.3 is 12.3 Å². The average Bonchev–Trinajstić information content (AvgIpc) is 1.99. The van der Waals surface area contributed by atoms with Gasteiger partial charge in [-0.25, -0.2) is 9.78 Å². The molecule has 8 heteroatoms. The van der Waals surface area contributed by atoms with Crippen molar-refractivity contribution >= 4 is 17.8 Å². The van der Waals surface area contributed by atoms with Gasteiger partial charge in [-0.3, -0.25) is 0 Å². The first kappa shape index (κ1) is 11.6. The fourth-order valence-corrected chi connectivity index (χ4v) is 0.934. The molecule has 15 heavy (non-hydrogen) atoms. The van der Waals surface area contributed by atoms with Crippen LogP contribution in [0.15, 0.2) is 12.1 Å². The number of pyridine rings is 1. The Balaban J connectivity index is 3.20. The molecule has 4 nitrogen and oxygen atoms in total. The van der Waals surface area contributed by atoms with Gasteiger partial charge in [-0.15, -0.1) is 0 Å². The van der Waals surface area contributed by atoms with Crippen LogP contribution in [0.3, 0.4) is 0 Å². The Hall–Kier alpha value is -1.50. The third kappa shape index (κ3) is 2.98. The first-order chi connectivity index (χ1) is 6.80. The molecular weight excluding hydrogens is 239 g/mol. The summed E-state index contributed by atoms with van der Waals surface area (Å²) in [6.45, 7) is 0. The summed E-state index contributed by atoms with van der Waals surface area (Å²) in [5.74, 6) is -1.08. The minimum Gasteiger partial charge on any atom is -0.449 e. The van der Waals surface area contributed by atoms with Crippen LogP contribution >= 0.6 is 11.6 Å². The van der Waals surface area contributed by atoms with Crippen molar-refractivity contribution in [1.29, 1.82) is 0 Å². The molecule has 0 radical (unpaired) electrons. The summed E-state index contributed by atoms with van der Waals surface area (Å²) < 4.78 is 40.7. The van der Waals surface area contributed by atoms with E-state index in [9.17, 15) is 18.0 Å². The molecule has 0 aliphatic carbocycles. The Morgan fingerprint density at radius 1 is 1.47 bits per heavy atom. The molecule has 0 bridgehead atoms. The van der Waals surface area contributed by atoms with Gasteiger partial charge < -0.3 is 9.84 Å². The number of carbonyl (C=O) groups is 1. The minimum atomic E-state index is -4.75. The maximum atomic E-state index is 12.3. The predicted molar refractivity (Wildman–Crippen MR) is 42.9 cm³/mol. The molecule has 1 aromatic rings. The topological polar surface area (TPSA) is 59.4 Å². The number of carboxylic acid groups (broad SMARTS) is 1. The van der Waals surface area contributed by atoms with E-state index in [1.807, 2.05) is 0 Å². The van der Waals surface area contributed by atoms with Crippen molar-refractivity contribution in [2.45, 2.75) is 6.18 Å². The molecule has 1 N–H and O–H groups in total. The summed E-state index contributed by atoms with van der Waals surface area (Å²) in [5, 5.41) is 7.88. The van der Waals surface area contributed by atoms with E-state index in [-0.39, 0.29) is 5.15 Å². The molecule has 1 rings (SSSR count). The lowest BCUT2D eigenvalue weighted by molar-refractivity contribution is -0.138. The Morgan fingerprint density at radius 2 is 2.07 bits per heavy atom. The van der Waals surface area contributed by atoms with Crippen molar-refractivity contribution in [3.8, 4) is 5.88 Å². The highest BCUT2D eigenvalue weighted by atomic mass is 35.5. The van der Waals surface area contributed by atoms with E-state index in [0.29, 0.717) is 6.07 Å². The van der Waals surface area contributed by atoms with Gasteiger partial charge in [0.25, 0.3) is 0 Å². The zero-order valence-corrected chi connectivity index (χ0v) is 7.63. The molecule has 0 fully saturated rings. The summed E-state index contributed by atoms with van der Waals surface area (Å²) in [6, 6.07) is 1.48. The number of rotatable bonds is 1. The van der Waals surface area contributed by atoms with Crippen molar-refractivity contribution in [2.75, 3.05) is 0 Å². The molecule has 0 unspecified atom stereocenters. The molecule has 0 amide bonds. The highest BCUT2D eigenvalue weighted by molar-refractivity contribution is 6.29. The fourth-order valence-electron chi connectivity index (χ4n) is 0.794. The Kier molecular flexibility index (Phi) is 3.04. The number of nitrogens with zero attached hydrogens (tertiary/aromatic N) is 1. The monoisotopic (exact) mass is 241 g/mol. The molecule has 0 saturated heterocycles. The van der Waals surface area contributed by atoms with Crippen molar-refractivity contribution in [1.82, 2.24) is 4.98 Å². The molecule has 1 aromatic heterocycles. The van der Waals surface area contributed by atoms with E-state index in [4.69, 9.17) is 16.7 Å². The fraction of sp³-hybridized carbons (Fsp3) is 0.143. The van der Waals surface area contributed by atoms with Crippen LogP contribution in [0.25, 0.3) is 0 Å².